The number of benzene rings is 1. The summed E-state index contributed by atoms with van der Waals surface area (Å²) in [4.78, 5) is 24.5. The molecule has 1 fully saturated rings. The van der Waals surface area contributed by atoms with Gasteiger partial charge in [-0.15, -0.1) is 0 Å². The number of hydrogen-bond acceptors (Lipinski definition) is 15. The monoisotopic (exact) mass is 567 g/mol. The Labute approximate surface area is 225 Å². The number of esters is 1. The maximum Gasteiger partial charge on any atom is 0.342 e. The van der Waals surface area contributed by atoms with Crippen molar-refractivity contribution in [3.05, 3.63) is 24.0 Å². The maximum absolute atomic E-state index is 12.0. The number of thioether (sulfide) groups is 1. The van der Waals surface area contributed by atoms with Crippen LogP contribution >= 0.6 is 11.8 Å². The molecule has 8 N–H and O–H groups in total. The Kier molecular flexibility index (Phi) is 8.94. The lowest BCUT2D eigenvalue weighted by atomic mass is 10.1. The van der Waals surface area contributed by atoms with Crippen molar-refractivity contribution in [1.29, 1.82) is 0 Å². The zero-order valence-electron chi connectivity index (χ0n) is 20.7. The number of ether oxygens (including phenoxy) is 3. The largest absolute Gasteiger partial charge is 0.504 e. The second-order valence-electron chi connectivity index (χ2n) is 8.64. The third-order valence-corrected chi connectivity index (χ3v) is 6.95. The lowest BCUT2D eigenvalue weighted by Crippen LogP contribution is -2.33. The first-order valence-corrected chi connectivity index (χ1v) is 12.9. The van der Waals surface area contributed by atoms with Gasteiger partial charge in [-0.1, -0.05) is 18.7 Å². The Morgan fingerprint density at radius 1 is 1.23 bits per heavy atom. The van der Waals surface area contributed by atoms with Gasteiger partial charge < -0.3 is 50.6 Å². The van der Waals surface area contributed by atoms with Crippen molar-refractivity contribution in [3.8, 4) is 17.2 Å². The van der Waals surface area contributed by atoms with E-state index >= 15 is 0 Å². The van der Waals surface area contributed by atoms with Gasteiger partial charge in [0.05, 0.1) is 19.3 Å². The van der Waals surface area contributed by atoms with Crippen LogP contribution in [-0.4, -0.2) is 106 Å². The first-order chi connectivity index (χ1) is 18.7. The summed E-state index contributed by atoms with van der Waals surface area (Å²) >= 11 is 1.04. The van der Waals surface area contributed by atoms with Crippen LogP contribution in [0.5, 0.6) is 17.2 Å². The van der Waals surface area contributed by atoms with Crippen molar-refractivity contribution >= 4 is 34.7 Å². The van der Waals surface area contributed by atoms with Gasteiger partial charge in [0.25, 0.3) is 0 Å². The molecule has 0 bridgehead atoms. The van der Waals surface area contributed by atoms with Crippen LogP contribution in [-0.2, 0) is 9.47 Å². The molecule has 3 heterocycles. The summed E-state index contributed by atoms with van der Waals surface area (Å²) < 4.78 is 17.4. The number of anilines is 1. The zero-order valence-corrected chi connectivity index (χ0v) is 21.6. The number of aromatic nitrogens is 4. The second kappa shape index (κ2) is 12.2. The summed E-state index contributed by atoms with van der Waals surface area (Å²) in [6, 6.07) is 2.50. The molecule has 2 aromatic heterocycles. The molecular formula is C23H29N5O10S. The van der Waals surface area contributed by atoms with Crippen LogP contribution in [0.3, 0.4) is 0 Å². The van der Waals surface area contributed by atoms with E-state index in [4.69, 9.17) is 19.9 Å². The van der Waals surface area contributed by atoms with E-state index in [0.717, 1.165) is 11.8 Å². The molecule has 0 amide bonds. The van der Waals surface area contributed by atoms with Gasteiger partial charge in [0.15, 0.2) is 39.9 Å². The number of phenols is 2. The summed E-state index contributed by atoms with van der Waals surface area (Å²) in [6.07, 6.45) is -4.31. The number of nitrogens with zero attached hydrogens (tertiary/aromatic N) is 4. The molecule has 1 aliphatic heterocycles. The summed E-state index contributed by atoms with van der Waals surface area (Å²) in [5.74, 6) is -2.28. The van der Waals surface area contributed by atoms with Crippen molar-refractivity contribution < 1.29 is 49.6 Å². The Hall–Kier alpha value is -3.41. The lowest BCUT2D eigenvalue weighted by molar-refractivity contribution is -0.0548. The minimum absolute atomic E-state index is 0.000373. The number of hydrogen-bond donors (Lipinski definition) is 7. The van der Waals surface area contributed by atoms with E-state index in [2.05, 4.69) is 15.0 Å². The highest BCUT2D eigenvalue weighted by molar-refractivity contribution is 7.99. The van der Waals surface area contributed by atoms with Crippen LogP contribution in [0, 0.1) is 0 Å². The van der Waals surface area contributed by atoms with E-state index in [1.807, 2.05) is 6.92 Å². The molecule has 39 heavy (non-hydrogen) atoms. The van der Waals surface area contributed by atoms with Crippen LogP contribution in [0.2, 0.25) is 0 Å². The fourth-order valence-corrected chi connectivity index (χ4v) is 4.77. The van der Waals surface area contributed by atoms with E-state index in [9.17, 15) is 35.4 Å². The molecule has 0 saturated carbocycles. The number of carbonyl (C=O) groups excluding carboxylic acids is 1. The molecule has 212 valence electrons. The van der Waals surface area contributed by atoms with E-state index in [1.165, 1.54) is 23.0 Å². The highest BCUT2D eigenvalue weighted by Crippen LogP contribution is 2.39. The molecule has 5 atom stereocenters. The highest BCUT2D eigenvalue weighted by Gasteiger charge is 2.45. The molecule has 0 aliphatic carbocycles. The first kappa shape index (κ1) is 28.6. The number of carbonyl (C=O) groups is 1. The maximum atomic E-state index is 12.0. The average molecular weight is 568 g/mol. The Morgan fingerprint density at radius 2 is 2.00 bits per heavy atom. The highest BCUT2D eigenvalue weighted by atomic mass is 32.2. The van der Waals surface area contributed by atoms with Gasteiger partial charge >= 0.3 is 5.97 Å². The molecule has 15 nitrogen and oxygen atoms in total. The predicted octanol–water partition coefficient (Wildman–Crippen LogP) is -0.470. The van der Waals surface area contributed by atoms with E-state index < -0.39 is 54.7 Å². The molecule has 1 aromatic carbocycles. The van der Waals surface area contributed by atoms with Gasteiger partial charge in [-0.05, 0) is 18.6 Å². The lowest BCUT2D eigenvalue weighted by Gasteiger charge is -2.19. The number of fused-ring (bicyclic) bond motifs is 1. The molecule has 1 unspecified atom stereocenters. The van der Waals surface area contributed by atoms with Crippen molar-refractivity contribution in [3.63, 3.8) is 0 Å². The summed E-state index contributed by atoms with van der Waals surface area (Å²) in [6.45, 7) is 1.13. The average Bonchev–Trinajstić information content (AvgIpc) is 3.43. The zero-order chi connectivity index (χ0) is 28.3. The van der Waals surface area contributed by atoms with Crippen molar-refractivity contribution in [2.75, 3.05) is 31.3 Å². The quantitative estimate of drug-likeness (QED) is 0.0881. The minimum atomic E-state index is -1.42. The Morgan fingerprint density at radius 3 is 2.69 bits per heavy atom. The second-order valence-corrected chi connectivity index (χ2v) is 9.63. The molecule has 1 saturated heterocycles. The number of nitrogens with two attached hydrogens (primary N) is 1. The number of aromatic hydroxyl groups is 2. The Bertz CT molecular complexity index is 1320. The number of nitrogen functional groups attached to an aromatic ring is 1. The minimum Gasteiger partial charge on any atom is -0.504 e. The molecule has 4 rings (SSSR count). The van der Waals surface area contributed by atoms with Gasteiger partial charge in [-0.3, -0.25) is 4.57 Å². The summed E-state index contributed by atoms with van der Waals surface area (Å²) in [5, 5.41) is 61.4. The SMILES string of the molecule is CCCOC(=O)c1ccc(OCC(O)CSc2nc3c(N)ncnc3n2[C@@H]2O[C@H](CO)[C@@H](O)[C@H]2O)c(O)c1O. The molecule has 0 radical (unpaired) electrons. The van der Waals surface area contributed by atoms with Gasteiger partial charge in [0.1, 0.15) is 36.8 Å². The van der Waals surface area contributed by atoms with Gasteiger partial charge in [0, 0.05) is 5.75 Å². The molecule has 1 aliphatic rings. The van der Waals surface area contributed by atoms with E-state index in [-0.39, 0.29) is 52.4 Å². The van der Waals surface area contributed by atoms with E-state index in [1.54, 1.807) is 0 Å². The Balaban J connectivity index is 1.46. The van der Waals surface area contributed by atoms with Crippen molar-refractivity contribution in [2.45, 2.75) is 49.1 Å². The third-order valence-electron chi connectivity index (χ3n) is 5.85. The van der Waals surface area contributed by atoms with Gasteiger partial charge in [-0.2, -0.15) is 0 Å². The summed E-state index contributed by atoms with van der Waals surface area (Å²) in [5.41, 5.74) is 6.12. The van der Waals surface area contributed by atoms with Crippen molar-refractivity contribution in [2.24, 2.45) is 0 Å². The third kappa shape index (κ3) is 5.80. The van der Waals surface area contributed by atoms with Gasteiger partial charge in [0.2, 0.25) is 5.75 Å². The molecular weight excluding hydrogens is 538 g/mol. The summed E-state index contributed by atoms with van der Waals surface area (Å²) in [7, 11) is 0. The van der Waals surface area contributed by atoms with Crippen LogP contribution in [0.25, 0.3) is 11.2 Å². The van der Waals surface area contributed by atoms with Crippen LogP contribution in [0.15, 0.2) is 23.6 Å². The fourth-order valence-electron chi connectivity index (χ4n) is 3.85. The molecule has 3 aromatic rings. The van der Waals surface area contributed by atoms with Gasteiger partial charge in [-0.25, -0.2) is 19.7 Å². The van der Waals surface area contributed by atoms with E-state index in [0.29, 0.717) is 6.42 Å². The number of aliphatic hydroxyl groups excluding tert-OH is 4. The van der Waals surface area contributed by atoms with Crippen LogP contribution in [0.4, 0.5) is 5.82 Å². The fraction of sp³-hybridized carbons (Fsp3) is 0.478. The predicted molar refractivity (Wildman–Crippen MR) is 135 cm³/mol. The smallest absolute Gasteiger partial charge is 0.342 e. The first-order valence-electron chi connectivity index (χ1n) is 11.9. The van der Waals surface area contributed by atoms with Crippen LogP contribution in [0.1, 0.15) is 29.9 Å². The normalized spacial score (nSPS) is 21.8. The number of imidazole rings is 1. The standard InChI is InChI=1S/C23H29N5O10S/c1-2-5-36-22(35)11-3-4-12(16(32)15(11)31)37-7-10(30)8-39-23-27-14-19(24)25-9-26-20(14)28(23)21-18(34)17(33)13(6-29)38-21/h3-4,9-10,13,17-18,21,29-34H,2,5-8H2,1H3,(H2,24,25,26)/t10?,13-,17-,18-,21-/m1/s1. The van der Waals surface area contributed by atoms with Crippen LogP contribution < -0.4 is 10.5 Å². The number of rotatable bonds is 11. The van der Waals surface area contributed by atoms with Crippen molar-refractivity contribution in [1.82, 2.24) is 19.5 Å². The molecule has 16 heteroatoms. The topological polar surface area (TPSA) is 236 Å². The number of aliphatic hydroxyl groups is 4. The molecule has 0 spiro atoms. The number of phenolic OH excluding ortho intramolecular Hbond substituents is 2.